The van der Waals surface area contributed by atoms with Crippen LogP contribution < -0.4 is 10.1 Å². The van der Waals surface area contributed by atoms with E-state index in [0.717, 1.165) is 5.56 Å². The van der Waals surface area contributed by atoms with Gasteiger partial charge in [-0.15, -0.1) is 5.10 Å². The van der Waals surface area contributed by atoms with E-state index in [1.165, 1.54) is 28.2 Å². The van der Waals surface area contributed by atoms with Crippen molar-refractivity contribution in [2.75, 3.05) is 32.0 Å². The first-order valence-electron chi connectivity index (χ1n) is 11.7. The van der Waals surface area contributed by atoms with Gasteiger partial charge in [0, 0.05) is 36.9 Å². The zero-order valence-electron chi connectivity index (χ0n) is 19.8. The molecule has 0 spiro atoms. The maximum Gasteiger partial charge on any atom is 0.243 e. The molecule has 3 aromatic rings. The van der Waals surface area contributed by atoms with Crippen molar-refractivity contribution < 1.29 is 17.9 Å². The van der Waals surface area contributed by atoms with Crippen LogP contribution in [0.25, 0.3) is 11.4 Å². The van der Waals surface area contributed by atoms with Crippen molar-refractivity contribution in [2.45, 2.75) is 29.8 Å². The molecule has 0 saturated carbocycles. The Hall–Kier alpha value is -2.60. The Morgan fingerprint density at radius 2 is 1.97 bits per heavy atom. The lowest BCUT2D eigenvalue weighted by Crippen LogP contribution is -2.43. The predicted molar refractivity (Wildman–Crippen MR) is 140 cm³/mol. The maximum atomic E-state index is 13.0. The molecule has 192 valence electrons. The predicted octanol–water partition coefficient (Wildman–Crippen LogP) is 3.83. The number of sulfonamides is 1. The van der Waals surface area contributed by atoms with Gasteiger partial charge < -0.3 is 10.1 Å². The Labute approximate surface area is 220 Å². The summed E-state index contributed by atoms with van der Waals surface area (Å²) < 4.78 is 32.9. The minimum atomic E-state index is -3.69. The van der Waals surface area contributed by atoms with Gasteiger partial charge in [-0.25, -0.2) is 13.4 Å². The van der Waals surface area contributed by atoms with E-state index < -0.39 is 10.0 Å². The first-order chi connectivity index (χ1) is 17.4. The summed E-state index contributed by atoms with van der Waals surface area (Å²) in [6.45, 7) is 3.30. The molecule has 12 heteroatoms. The van der Waals surface area contributed by atoms with E-state index in [1.54, 1.807) is 6.07 Å². The van der Waals surface area contributed by atoms with Gasteiger partial charge in [0.05, 0.1) is 16.5 Å². The fourth-order valence-corrected chi connectivity index (χ4v) is 6.37. The van der Waals surface area contributed by atoms with Gasteiger partial charge in [0.1, 0.15) is 5.75 Å². The monoisotopic (exact) mass is 549 g/mol. The van der Waals surface area contributed by atoms with Crippen LogP contribution in [0.1, 0.15) is 19.8 Å². The van der Waals surface area contributed by atoms with Crippen LogP contribution in [0.2, 0.25) is 5.02 Å². The summed E-state index contributed by atoms with van der Waals surface area (Å²) >= 11 is 7.63. The quantitative estimate of drug-likeness (QED) is 0.291. The average Bonchev–Trinajstić information content (AvgIpc) is 3.37. The third kappa shape index (κ3) is 6.39. The molecule has 1 aromatic heterocycles. The number of H-pyrrole nitrogens is 1. The minimum absolute atomic E-state index is 0.0586. The van der Waals surface area contributed by atoms with Gasteiger partial charge in [-0.3, -0.25) is 9.89 Å². The second-order valence-corrected chi connectivity index (χ2v) is 11.6. The van der Waals surface area contributed by atoms with Gasteiger partial charge in [-0.1, -0.05) is 53.7 Å². The summed E-state index contributed by atoms with van der Waals surface area (Å²) in [5.74, 6) is 1.50. The molecule has 4 rings (SSSR count). The van der Waals surface area contributed by atoms with E-state index in [9.17, 15) is 13.2 Å². The molecule has 2 N–H and O–H groups in total. The molecule has 1 aliphatic rings. The molecule has 1 fully saturated rings. The van der Waals surface area contributed by atoms with Crippen molar-refractivity contribution in [3.63, 3.8) is 0 Å². The van der Waals surface area contributed by atoms with E-state index in [0.29, 0.717) is 48.5 Å². The average molecular weight is 550 g/mol. The molecule has 9 nitrogen and oxygen atoms in total. The number of aromatic amines is 1. The summed E-state index contributed by atoms with van der Waals surface area (Å²) in [6, 6.07) is 14.2. The third-order valence-electron chi connectivity index (χ3n) is 5.81. The van der Waals surface area contributed by atoms with Crippen LogP contribution in [-0.2, 0) is 14.8 Å². The first kappa shape index (κ1) is 26.5. The highest BCUT2D eigenvalue weighted by Gasteiger charge is 2.32. The molecule has 0 atom stereocenters. The number of carbonyl (C=O) groups excluding carboxylic acids is 1. The van der Waals surface area contributed by atoms with E-state index in [4.69, 9.17) is 16.3 Å². The highest BCUT2D eigenvalue weighted by Crippen LogP contribution is 2.30. The summed E-state index contributed by atoms with van der Waals surface area (Å²) in [4.78, 5) is 17.2. The van der Waals surface area contributed by atoms with Gasteiger partial charge >= 0.3 is 0 Å². The smallest absolute Gasteiger partial charge is 0.243 e. The number of nitrogens with zero attached hydrogens (tertiary/aromatic N) is 3. The Bertz CT molecular complexity index is 1280. The molecular weight excluding hydrogens is 522 g/mol. The summed E-state index contributed by atoms with van der Waals surface area (Å²) in [5, 5.41) is 11.0. The summed E-state index contributed by atoms with van der Waals surface area (Å²) in [5.41, 5.74) is 0.962. The van der Waals surface area contributed by atoms with Crippen molar-refractivity contribution in [3.8, 4) is 17.1 Å². The fraction of sp³-hybridized carbons (Fsp3) is 0.375. The van der Waals surface area contributed by atoms with Crippen LogP contribution in [-0.4, -0.2) is 65.8 Å². The number of ether oxygens (including phenoxy) is 1. The first-order valence-corrected chi connectivity index (χ1v) is 14.5. The SMILES string of the molecule is CCOc1ccc(S(=O)(=O)N2CCC(C(=O)NCCSc3n[nH]c(-c4ccccc4)n3)CC2)cc1Cl. The highest BCUT2D eigenvalue weighted by molar-refractivity contribution is 7.99. The van der Waals surface area contributed by atoms with Gasteiger partial charge in [-0.2, -0.15) is 4.31 Å². The molecule has 0 bridgehead atoms. The van der Waals surface area contributed by atoms with Crippen molar-refractivity contribution in [1.82, 2.24) is 24.8 Å². The molecule has 1 amide bonds. The standard InChI is InChI=1S/C24H28ClN5O4S2/c1-2-34-21-9-8-19(16-20(21)25)36(32,33)30-13-10-18(11-14-30)23(31)26-12-15-35-24-27-22(28-29-24)17-6-4-3-5-7-17/h3-9,16,18H,2,10-15H2,1H3,(H,26,31)(H,27,28,29). The van der Waals surface area contributed by atoms with E-state index in [1.807, 2.05) is 37.3 Å². The molecule has 36 heavy (non-hydrogen) atoms. The largest absolute Gasteiger partial charge is 0.492 e. The van der Waals surface area contributed by atoms with Crippen molar-refractivity contribution in [2.24, 2.45) is 5.92 Å². The zero-order valence-corrected chi connectivity index (χ0v) is 22.2. The van der Waals surface area contributed by atoms with Crippen LogP contribution in [0.15, 0.2) is 58.6 Å². The maximum absolute atomic E-state index is 13.0. The molecule has 2 heterocycles. The number of nitrogens with one attached hydrogen (secondary N) is 2. The lowest BCUT2D eigenvalue weighted by molar-refractivity contribution is -0.125. The van der Waals surface area contributed by atoms with E-state index in [2.05, 4.69) is 20.5 Å². The number of hydrogen-bond acceptors (Lipinski definition) is 7. The number of hydrogen-bond donors (Lipinski definition) is 2. The van der Waals surface area contributed by atoms with Crippen molar-refractivity contribution >= 4 is 39.3 Å². The van der Waals surface area contributed by atoms with Crippen LogP contribution in [0.5, 0.6) is 5.75 Å². The second-order valence-electron chi connectivity index (χ2n) is 8.18. The topological polar surface area (TPSA) is 117 Å². The number of benzene rings is 2. The van der Waals surface area contributed by atoms with Crippen LogP contribution >= 0.6 is 23.4 Å². The third-order valence-corrected chi connectivity index (χ3v) is 8.85. The minimum Gasteiger partial charge on any atom is -0.492 e. The lowest BCUT2D eigenvalue weighted by Gasteiger charge is -2.30. The van der Waals surface area contributed by atoms with Gasteiger partial charge in [0.25, 0.3) is 0 Å². The van der Waals surface area contributed by atoms with Gasteiger partial charge in [0.2, 0.25) is 21.1 Å². The Balaban J connectivity index is 1.22. The summed E-state index contributed by atoms with van der Waals surface area (Å²) in [6.07, 6.45) is 0.925. The number of piperidine rings is 1. The Morgan fingerprint density at radius 1 is 1.22 bits per heavy atom. The number of amides is 1. The molecule has 1 aliphatic heterocycles. The highest BCUT2D eigenvalue weighted by atomic mass is 35.5. The Kier molecular flexibility index (Phi) is 8.89. The van der Waals surface area contributed by atoms with Crippen LogP contribution in [0.4, 0.5) is 0 Å². The summed E-state index contributed by atoms with van der Waals surface area (Å²) in [7, 11) is -3.69. The van der Waals surface area contributed by atoms with Crippen LogP contribution in [0, 0.1) is 5.92 Å². The van der Waals surface area contributed by atoms with Gasteiger partial charge in [0.15, 0.2) is 5.82 Å². The molecule has 2 aromatic carbocycles. The molecule has 1 saturated heterocycles. The van der Waals surface area contributed by atoms with Crippen LogP contribution in [0.3, 0.4) is 0 Å². The van der Waals surface area contributed by atoms with Gasteiger partial charge in [-0.05, 0) is 38.0 Å². The normalized spacial score (nSPS) is 15.1. The van der Waals surface area contributed by atoms with Crippen molar-refractivity contribution in [3.05, 3.63) is 53.6 Å². The lowest BCUT2D eigenvalue weighted by atomic mass is 9.97. The van der Waals surface area contributed by atoms with Crippen molar-refractivity contribution in [1.29, 1.82) is 0 Å². The number of rotatable bonds is 10. The molecule has 0 aliphatic carbocycles. The van der Waals surface area contributed by atoms with E-state index >= 15 is 0 Å². The Morgan fingerprint density at radius 3 is 2.67 bits per heavy atom. The number of aromatic nitrogens is 3. The molecular formula is C24H28ClN5O4S2. The number of thioether (sulfide) groups is 1. The number of carbonyl (C=O) groups is 1. The zero-order chi connectivity index (χ0) is 25.5. The van der Waals surface area contributed by atoms with E-state index in [-0.39, 0.29) is 34.8 Å². The molecule has 0 radical (unpaired) electrons. The molecule has 0 unspecified atom stereocenters. The number of halogens is 1. The second kappa shape index (κ2) is 12.1. The fourth-order valence-electron chi connectivity index (χ4n) is 3.92.